The molecular weight excluding hydrogens is 200 g/mol. The van der Waals surface area contributed by atoms with Gasteiger partial charge in [-0.3, -0.25) is 0 Å². The quantitative estimate of drug-likeness (QED) is 0.788. The molecule has 3 heteroatoms. The summed E-state index contributed by atoms with van der Waals surface area (Å²) in [6.07, 6.45) is 2.71. The molecule has 3 rings (SSSR count). The molecule has 0 unspecified atom stereocenters. The second-order valence-electron chi connectivity index (χ2n) is 3.86. The van der Waals surface area contributed by atoms with Gasteiger partial charge < -0.3 is 10.5 Å². The zero-order chi connectivity index (χ0) is 11.0. The van der Waals surface area contributed by atoms with Crippen LogP contribution in [0, 0.1) is 0 Å². The normalized spacial score (nSPS) is 13.2. The van der Waals surface area contributed by atoms with Crippen molar-refractivity contribution in [2.45, 2.75) is 6.42 Å². The number of ether oxygens (including phenoxy) is 1. The third-order valence-corrected chi connectivity index (χ3v) is 2.81. The molecule has 2 aromatic rings. The van der Waals surface area contributed by atoms with Gasteiger partial charge in [0, 0.05) is 18.2 Å². The summed E-state index contributed by atoms with van der Waals surface area (Å²) < 4.78 is 5.66. The van der Waals surface area contributed by atoms with E-state index in [0.29, 0.717) is 5.82 Å². The molecule has 3 nitrogen and oxygen atoms in total. The standard InChI is InChI=1S/C13H12N2O/c14-12-8-10(4-6-15-12)11-3-1-2-9-5-7-16-13(9)11/h1-4,6,8H,5,7H2,(H2,14,15). The van der Waals surface area contributed by atoms with E-state index in [0.717, 1.165) is 29.9 Å². The molecule has 0 radical (unpaired) electrons. The van der Waals surface area contributed by atoms with Gasteiger partial charge >= 0.3 is 0 Å². The Kier molecular flexibility index (Phi) is 2.03. The highest BCUT2D eigenvalue weighted by Crippen LogP contribution is 2.36. The van der Waals surface area contributed by atoms with E-state index in [2.05, 4.69) is 23.2 Å². The predicted molar refractivity (Wildman–Crippen MR) is 63.3 cm³/mol. The fourth-order valence-electron chi connectivity index (χ4n) is 2.06. The van der Waals surface area contributed by atoms with Crippen molar-refractivity contribution in [1.82, 2.24) is 4.98 Å². The number of hydrogen-bond acceptors (Lipinski definition) is 3. The van der Waals surface area contributed by atoms with Gasteiger partial charge in [-0.15, -0.1) is 0 Å². The average Bonchev–Trinajstić information content (AvgIpc) is 2.76. The Balaban J connectivity index is 2.17. The molecule has 80 valence electrons. The van der Waals surface area contributed by atoms with E-state index in [9.17, 15) is 0 Å². The Morgan fingerprint density at radius 3 is 3.06 bits per heavy atom. The maximum Gasteiger partial charge on any atom is 0.130 e. The van der Waals surface area contributed by atoms with Crippen LogP contribution < -0.4 is 10.5 Å². The molecule has 2 N–H and O–H groups in total. The van der Waals surface area contributed by atoms with Crippen molar-refractivity contribution < 1.29 is 4.74 Å². The molecule has 0 bridgehead atoms. The van der Waals surface area contributed by atoms with Gasteiger partial charge in [-0.05, 0) is 23.3 Å². The summed E-state index contributed by atoms with van der Waals surface area (Å²) in [4.78, 5) is 4.00. The zero-order valence-corrected chi connectivity index (χ0v) is 8.81. The maximum absolute atomic E-state index is 5.69. The number of para-hydroxylation sites is 1. The molecule has 1 aliphatic heterocycles. The Morgan fingerprint density at radius 1 is 1.25 bits per heavy atom. The van der Waals surface area contributed by atoms with Crippen molar-refractivity contribution in [1.29, 1.82) is 0 Å². The van der Waals surface area contributed by atoms with E-state index in [4.69, 9.17) is 10.5 Å². The first-order valence-electron chi connectivity index (χ1n) is 5.31. The summed E-state index contributed by atoms with van der Waals surface area (Å²) in [5.74, 6) is 1.53. The van der Waals surface area contributed by atoms with Gasteiger partial charge in [0.2, 0.25) is 0 Å². The van der Waals surface area contributed by atoms with E-state index in [1.54, 1.807) is 6.20 Å². The molecule has 1 aliphatic rings. The van der Waals surface area contributed by atoms with Crippen LogP contribution in [-0.4, -0.2) is 11.6 Å². The number of pyridine rings is 1. The molecule has 16 heavy (non-hydrogen) atoms. The molecule has 0 amide bonds. The zero-order valence-electron chi connectivity index (χ0n) is 8.81. The van der Waals surface area contributed by atoms with E-state index in [1.807, 2.05) is 12.1 Å². The number of rotatable bonds is 1. The minimum absolute atomic E-state index is 0.535. The van der Waals surface area contributed by atoms with Crippen LogP contribution in [-0.2, 0) is 6.42 Å². The lowest BCUT2D eigenvalue weighted by Gasteiger charge is -2.08. The molecule has 0 spiro atoms. The second-order valence-corrected chi connectivity index (χ2v) is 3.86. The monoisotopic (exact) mass is 212 g/mol. The highest BCUT2D eigenvalue weighted by Gasteiger charge is 2.16. The van der Waals surface area contributed by atoms with Crippen LogP contribution in [0.15, 0.2) is 36.5 Å². The highest BCUT2D eigenvalue weighted by molar-refractivity contribution is 5.74. The average molecular weight is 212 g/mol. The highest BCUT2D eigenvalue weighted by atomic mass is 16.5. The summed E-state index contributed by atoms with van der Waals surface area (Å²) in [6.45, 7) is 0.771. The lowest BCUT2D eigenvalue weighted by atomic mass is 10.0. The number of fused-ring (bicyclic) bond motifs is 1. The summed E-state index contributed by atoms with van der Waals surface area (Å²) >= 11 is 0. The van der Waals surface area contributed by atoms with E-state index >= 15 is 0 Å². The van der Waals surface area contributed by atoms with Gasteiger partial charge in [0.15, 0.2) is 0 Å². The van der Waals surface area contributed by atoms with Crippen molar-refractivity contribution in [2.24, 2.45) is 0 Å². The molecule has 0 aliphatic carbocycles. The van der Waals surface area contributed by atoms with E-state index < -0.39 is 0 Å². The molecule has 2 heterocycles. The van der Waals surface area contributed by atoms with Gasteiger partial charge in [0.1, 0.15) is 11.6 Å². The SMILES string of the molecule is Nc1cc(-c2cccc3c2OCC3)ccn1. The molecule has 1 aromatic heterocycles. The third-order valence-electron chi connectivity index (χ3n) is 2.81. The third kappa shape index (κ3) is 1.41. The van der Waals surface area contributed by atoms with Crippen LogP contribution in [0.1, 0.15) is 5.56 Å². The first-order chi connectivity index (χ1) is 7.84. The number of hydrogen-bond donors (Lipinski definition) is 1. The molecule has 0 saturated carbocycles. The number of anilines is 1. The van der Waals surface area contributed by atoms with Crippen LogP contribution in [0.3, 0.4) is 0 Å². The molecule has 0 fully saturated rings. The summed E-state index contributed by atoms with van der Waals surface area (Å²) in [5.41, 5.74) is 9.12. The van der Waals surface area contributed by atoms with Crippen molar-refractivity contribution in [3.8, 4) is 16.9 Å². The molecule has 0 atom stereocenters. The van der Waals surface area contributed by atoms with Crippen LogP contribution in [0.4, 0.5) is 5.82 Å². The van der Waals surface area contributed by atoms with Gasteiger partial charge in [0.05, 0.1) is 6.61 Å². The largest absolute Gasteiger partial charge is 0.492 e. The van der Waals surface area contributed by atoms with Crippen molar-refractivity contribution >= 4 is 5.82 Å². The van der Waals surface area contributed by atoms with Gasteiger partial charge in [-0.1, -0.05) is 18.2 Å². The summed E-state index contributed by atoms with van der Waals surface area (Å²) in [5, 5.41) is 0. The fraction of sp³-hybridized carbons (Fsp3) is 0.154. The Morgan fingerprint density at radius 2 is 2.19 bits per heavy atom. The molecular formula is C13H12N2O. The Bertz CT molecular complexity index is 537. The van der Waals surface area contributed by atoms with Crippen LogP contribution in [0.5, 0.6) is 5.75 Å². The summed E-state index contributed by atoms with van der Waals surface area (Å²) in [7, 11) is 0. The number of nitrogen functional groups attached to an aromatic ring is 1. The van der Waals surface area contributed by atoms with Crippen molar-refractivity contribution in [3.63, 3.8) is 0 Å². The van der Waals surface area contributed by atoms with Crippen LogP contribution >= 0.6 is 0 Å². The molecule has 1 aromatic carbocycles. The second kappa shape index (κ2) is 3.52. The van der Waals surface area contributed by atoms with Crippen LogP contribution in [0.25, 0.3) is 11.1 Å². The Hall–Kier alpha value is -2.03. The topological polar surface area (TPSA) is 48.1 Å². The summed E-state index contributed by atoms with van der Waals surface area (Å²) in [6, 6.07) is 10.0. The first-order valence-corrected chi connectivity index (χ1v) is 5.31. The smallest absolute Gasteiger partial charge is 0.130 e. The van der Waals surface area contributed by atoms with Gasteiger partial charge in [-0.25, -0.2) is 4.98 Å². The number of benzene rings is 1. The van der Waals surface area contributed by atoms with Crippen molar-refractivity contribution in [2.75, 3.05) is 12.3 Å². The predicted octanol–water partition coefficient (Wildman–Crippen LogP) is 2.27. The Labute approximate surface area is 93.9 Å². The minimum Gasteiger partial charge on any atom is -0.492 e. The van der Waals surface area contributed by atoms with Crippen LogP contribution in [0.2, 0.25) is 0 Å². The number of nitrogens with zero attached hydrogens (tertiary/aromatic N) is 1. The minimum atomic E-state index is 0.535. The van der Waals surface area contributed by atoms with Gasteiger partial charge in [0.25, 0.3) is 0 Å². The number of aromatic nitrogens is 1. The maximum atomic E-state index is 5.69. The van der Waals surface area contributed by atoms with Gasteiger partial charge in [-0.2, -0.15) is 0 Å². The molecule has 0 saturated heterocycles. The lowest BCUT2D eigenvalue weighted by Crippen LogP contribution is -1.91. The lowest BCUT2D eigenvalue weighted by molar-refractivity contribution is 0.358. The first kappa shape index (κ1) is 9.21. The van der Waals surface area contributed by atoms with E-state index in [1.165, 1.54) is 5.56 Å². The fourth-order valence-corrected chi connectivity index (χ4v) is 2.06. The van der Waals surface area contributed by atoms with E-state index in [-0.39, 0.29) is 0 Å². The number of nitrogens with two attached hydrogens (primary N) is 1. The van der Waals surface area contributed by atoms with Crippen molar-refractivity contribution in [3.05, 3.63) is 42.1 Å².